The highest BCUT2D eigenvalue weighted by molar-refractivity contribution is 6.84. The highest BCUT2D eigenvalue weighted by Gasteiger charge is 2.32. The van der Waals surface area contributed by atoms with Gasteiger partial charge >= 0.3 is 0 Å². The molecule has 3 nitrogen and oxygen atoms in total. The Labute approximate surface area is 159 Å². The van der Waals surface area contributed by atoms with Crippen LogP contribution < -0.4 is 0 Å². The van der Waals surface area contributed by atoms with Gasteiger partial charge in [-0.05, 0) is 92.9 Å². The molecule has 0 spiro atoms. The lowest BCUT2D eigenvalue weighted by molar-refractivity contribution is 0.474. The van der Waals surface area contributed by atoms with Crippen molar-refractivity contribution in [3.05, 3.63) is 59.7 Å². The number of phenols is 2. The van der Waals surface area contributed by atoms with Crippen LogP contribution in [0.1, 0.15) is 17.5 Å². The predicted molar refractivity (Wildman–Crippen MR) is 114 cm³/mol. The molecule has 2 rings (SSSR count). The fourth-order valence-electron chi connectivity index (χ4n) is 3.34. The summed E-state index contributed by atoms with van der Waals surface area (Å²) in [7, 11) is -3.38. The van der Waals surface area contributed by atoms with Crippen LogP contribution in [-0.4, -0.2) is 26.8 Å². The second kappa shape index (κ2) is 8.88. The summed E-state index contributed by atoms with van der Waals surface area (Å²) in [4.78, 5) is 0. The third-order valence-corrected chi connectivity index (χ3v) is 12.1. The van der Waals surface area contributed by atoms with Gasteiger partial charge in [0.05, 0.1) is 0 Å². The van der Waals surface area contributed by atoms with E-state index in [9.17, 15) is 10.2 Å². The molecule has 0 fully saturated rings. The van der Waals surface area contributed by atoms with Crippen LogP contribution in [0, 0.1) is 0 Å². The summed E-state index contributed by atoms with van der Waals surface area (Å²) in [5.74, 6) is 0.650. The Hall–Kier alpha value is -1.57. The molecule has 0 radical (unpaired) electrons. The third kappa shape index (κ3) is 7.35. The number of rotatable bonds is 9. The Balaban J connectivity index is 1.79. The van der Waals surface area contributed by atoms with Gasteiger partial charge in [-0.3, -0.25) is 0 Å². The molecule has 0 aliphatic heterocycles. The van der Waals surface area contributed by atoms with Crippen LogP contribution in [0.25, 0.3) is 0 Å². The molecule has 0 atom stereocenters. The van der Waals surface area contributed by atoms with Crippen molar-refractivity contribution in [2.24, 2.45) is 0 Å². The van der Waals surface area contributed by atoms with E-state index in [1.165, 1.54) is 11.1 Å². The third-order valence-electron chi connectivity index (χ3n) is 4.69. The summed E-state index contributed by atoms with van der Waals surface area (Å²) >= 11 is 0. The first-order valence-corrected chi connectivity index (χ1v) is 15.6. The van der Waals surface area contributed by atoms with Crippen LogP contribution in [0.5, 0.6) is 11.5 Å². The number of phenolic OH excluding ortho intramolecular Hbond substituents is 2. The normalized spacial score (nSPS) is 12.3. The summed E-state index contributed by atoms with van der Waals surface area (Å²) in [6, 6.07) is 17.3. The Morgan fingerprint density at radius 3 is 1.58 bits per heavy atom. The Bertz CT molecular complexity index is 679. The molecule has 0 heterocycles. The zero-order chi connectivity index (χ0) is 19.2. The van der Waals surface area contributed by atoms with Crippen LogP contribution in [0.3, 0.4) is 0 Å². The van der Waals surface area contributed by atoms with Gasteiger partial charge in [-0.15, -0.1) is 0 Å². The Morgan fingerprint density at radius 2 is 1.08 bits per heavy atom. The van der Waals surface area contributed by atoms with Crippen molar-refractivity contribution >= 4 is 16.6 Å². The molecule has 0 aliphatic rings. The van der Waals surface area contributed by atoms with Crippen molar-refractivity contribution in [1.29, 1.82) is 0 Å². The summed E-state index contributed by atoms with van der Waals surface area (Å²) in [5, 5.41) is 18.8. The smallest absolute Gasteiger partial charge is 0.173 e. The molecule has 0 unspecified atom stereocenters. The largest absolute Gasteiger partial charge is 0.508 e. The average Bonchev–Trinajstić information content (AvgIpc) is 2.55. The van der Waals surface area contributed by atoms with E-state index in [0.717, 1.165) is 31.4 Å². The zero-order valence-electron chi connectivity index (χ0n) is 16.5. The maximum Gasteiger partial charge on any atom is 0.173 e. The fraction of sp³-hybridized carbons (Fsp3) is 0.429. The summed E-state index contributed by atoms with van der Waals surface area (Å²) in [6.45, 7) is 9.31. The van der Waals surface area contributed by atoms with Gasteiger partial charge in [0.1, 0.15) is 11.5 Å². The SMILES string of the molecule is C[Si](C)(CCCc1ccc(O)cc1)O[Si](C)(C)CCc1ccc(O)cc1. The first-order valence-electron chi connectivity index (χ1n) is 9.41. The van der Waals surface area contributed by atoms with Crippen LogP contribution in [0.2, 0.25) is 38.3 Å². The van der Waals surface area contributed by atoms with Gasteiger partial charge in [-0.1, -0.05) is 24.3 Å². The van der Waals surface area contributed by atoms with Gasteiger partial charge in [-0.2, -0.15) is 0 Å². The van der Waals surface area contributed by atoms with Gasteiger partial charge < -0.3 is 14.3 Å². The first-order chi connectivity index (χ1) is 12.2. The number of aryl methyl sites for hydroxylation is 2. The maximum atomic E-state index is 9.39. The molecule has 0 saturated heterocycles. The second-order valence-corrected chi connectivity index (χ2v) is 17.2. The van der Waals surface area contributed by atoms with Crippen molar-refractivity contribution < 1.29 is 14.3 Å². The summed E-state index contributed by atoms with van der Waals surface area (Å²) in [6.07, 6.45) is 3.18. The molecular formula is C21H32O3Si2. The molecule has 2 aromatic rings. The van der Waals surface area contributed by atoms with Crippen molar-refractivity contribution in [2.45, 2.75) is 57.5 Å². The molecule has 0 aliphatic carbocycles. The Morgan fingerprint density at radius 1 is 0.654 bits per heavy atom. The van der Waals surface area contributed by atoms with E-state index >= 15 is 0 Å². The van der Waals surface area contributed by atoms with Crippen LogP contribution in [0.15, 0.2) is 48.5 Å². The fourth-order valence-corrected chi connectivity index (χ4v) is 12.1. The lowest BCUT2D eigenvalue weighted by Gasteiger charge is -2.34. The van der Waals surface area contributed by atoms with E-state index in [2.05, 4.69) is 26.2 Å². The molecule has 0 aromatic heterocycles. The number of hydrogen-bond acceptors (Lipinski definition) is 3. The highest BCUT2D eigenvalue weighted by Crippen LogP contribution is 2.25. The second-order valence-electron chi connectivity index (χ2n) is 8.31. The first kappa shape index (κ1) is 20.7. The number of hydrogen-bond donors (Lipinski definition) is 2. The van der Waals surface area contributed by atoms with Crippen molar-refractivity contribution in [1.82, 2.24) is 0 Å². The van der Waals surface area contributed by atoms with Crippen LogP contribution in [0.4, 0.5) is 0 Å². The van der Waals surface area contributed by atoms with E-state index in [4.69, 9.17) is 4.12 Å². The van der Waals surface area contributed by atoms with Gasteiger partial charge in [0, 0.05) is 0 Å². The van der Waals surface area contributed by atoms with Gasteiger partial charge in [0.25, 0.3) is 0 Å². The van der Waals surface area contributed by atoms with Crippen molar-refractivity contribution in [3.8, 4) is 11.5 Å². The molecule has 5 heteroatoms. The molecule has 142 valence electrons. The minimum atomic E-state index is -1.71. The van der Waals surface area contributed by atoms with Crippen molar-refractivity contribution in [3.63, 3.8) is 0 Å². The molecule has 0 saturated carbocycles. The van der Waals surface area contributed by atoms with E-state index in [-0.39, 0.29) is 0 Å². The highest BCUT2D eigenvalue weighted by atomic mass is 28.4. The van der Waals surface area contributed by atoms with E-state index < -0.39 is 16.6 Å². The lowest BCUT2D eigenvalue weighted by Crippen LogP contribution is -2.44. The number of benzene rings is 2. The van der Waals surface area contributed by atoms with E-state index in [1.54, 1.807) is 24.3 Å². The van der Waals surface area contributed by atoms with Crippen molar-refractivity contribution in [2.75, 3.05) is 0 Å². The Kier molecular flexibility index (Phi) is 7.09. The molecule has 2 aromatic carbocycles. The van der Waals surface area contributed by atoms with E-state index in [0.29, 0.717) is 11.5 Å². The van der Waals surface area contributed by atoms with Crippen LogP contribution >= 0.6 is 0 Å². The average molecular weight is 389 g/mol. The monoisotopic (exact) mass is 388 g/mol. The summed E-state index contributed by atoms with van der Waals surface area (Å²) < 4.78 is 6.72. The lowest BCUT2D eigenvalue weighted by atomic mass is 10.1. The number of aromatic hydroxyl groups is 2. The molecule has 0 amide bonds. The van der Waals surface area contributed by atoms with Gasteiger partial charge in [-0.25, -0.2) is 0 Å². The zero-order valence-corrected chi connectivity index (χ0v) is 18.5. The molecule has 0 bridgehead atoms. The van der Waals surface area contributed by atoms with Crippen LogP contribution in [-0.2, 0) is 17.0 Å². The minimum Gasteiger partial charge on any atom is -0.508 e. The molecular weight excluding hydrogens is 356 g/mol. The van der Waals surface area contributed by atoms with Gasteiger partial charge in [0.15, 0.2) is 16.6 Å². The topological polar surface area (TPSA) is 49.7 Å². The van der Waals surface area contributed by atoms with E-state index in [1.807, 2.05) is 24.3 Å². The molecule has 26 heavy (non-hydrogen) atoms. The predicted octanol–water partition coefficient (Wildman–Crippen LogP) is 5.70. The standard InChI is InChI=1S/C21H32O3Si2/c1-25(2,16-5-6-18-7-11-20(22)12-8-18)24-26(3,4)17-15-19-9-13-21(23)14-10-19/h7-14,22-23H,5-6,15-17H2,1-4H3. The minimum absolute atomic E-state index is 0.323. The maximum absolute atomic E-state index is 9.39. The summed E-state index contributed by atoms with van der Waals surface area (Å²) in [5.41, 5.74) is 2.54. The van der Waals surface area contributed by atoms with Gasteiger partial charge in [0.2, 0.25) is 0 Å². The quantitative estimate of drug-likeness (QED) is 0.542. The molecule has 2 N–H and O–H groups in total.